The minimum atomic E-state index is -0.186. The van der Waals surface area contributed by atoms with Crippen LogP contribution in [0.4, 0.5) is 11.4 Å². The summed E-state index contributed by atoms with van der Waals surface area (Å²) in [6, 6.07) is 15.6. The van der Waals surface area contributed by atoms with Crippen molar-refractivity contribution in [1.29, 1.82) is 0 Å². The second kappa shape index (κ2) is 31.8. The van der Waals surface area contributed by atoms with Gasteiger partial charge in [0.15, 0.2) is 0 Å². The van der Waals surface area contributed by atoms with Crippen molar-refractivity contribution in [2.24, 2.45) is 56.6 Å². The molecule has 6 heteroatoms. The highest BCUT2D eigenvalue weighted by molar-refractivity contribution is 5.72. The van der Waals surface area contributed by atoms with Crippen molar-refractivity contribution >= 4 is 23.3 Å². The molecule has 406 valence electrons. The summed E-state index contributed by atoms with van der Waals surface area (Å²) in [5.74, 6) is 18.0. The fraction of sp³-hybridized carbons (Fsp3) is 0.706. The second-order valence-corrected chi connectivity index (χ2v) is 24.5. The Hall–Kier alpha value is -4.16. The van der Waals surface area contributed by atoms with Gasteiger partial charge in [0.2, 0.25) is 0 Å². The molecule has 0 amide bonds. The van der Waals surface area contributed by atoms with Crippen LogP contribution in [0, 0.1) is 70.0 Å². The van der Waals surface area contributed by atoms with E-state index in [0.29, 0.717) is 29.4 Å². The summed E-state index contributed by atoms with van der Waals surface area (Å²) in [6.45, 7) is 14.9. The fourth-order valence-corrected chi connectivity index (χ4v) is 14.1. The lowest BCUT2D eigenvalue weighted by Crippen LogP contribution is -2.51. The van der Waals surface area contributed by atoms with Crippen LogP contribution in [0.5, 0.6) is 5.75 Å². The molecule has 4 aliphatic carbocycles. The summed E-state index contributed by atoms with van der Waals surface area (Å²) in [6.07, 6.45) is 40.4. The Labute approximate surface area is 451 Å². The number of rotatable bonds is 31. The summed E-state index contributed by atoms with van der Waals surface area (Å²) in [5, 5.41) is 8.72. The standard InChI is InChI=1S/C68H100N2O4/c1-7-8-9-24-27-33-55-36-39-57(40-37-55)69-70-58-41-43-59(44-42-58)73-65(71)34-28-25-22-20-18-16-14-12-10-11-13-15-17-19-21-23-26-29-35-66(72)74-60-48-50-67(5)56(52-60)38-45-61-63-47-46-62(54(4)32-30-31-53(2)3)68(63,6)51-49-64(61)67/h36-44,53-54,60-64H,7-9,12,14,16-35,45-52H2,1-6H3/t54-,60?,61+,62-,63+,64+,67+,68-/m1/s1. The average Bonchev–Trinajstić information content (AvgIpc) is 3.75. The maximum Gasteiger partial charge on any atom is 0.311 e. The molecular formula is C68H100N2O4. The SMILES string of the molecule is CCCCCCCc1ccc(N=Nc2ccc(OC(=O)CCCCCCCCCC#CC#CCCCCCCCC(=O)OC3CC[C@@]4(C)C(=CC[C@H]5[C@@H]6CC[C@H]([C@H](C)CCCC(C)C)[C@@]6(C)CC[C@@H]54)C3)cc2)cc1. The van der Waals surface area contributed by atoms with Crippen molar-refractivity contribution in [3.05, 3.63) is 65.7 Å². The molecule has 8 atom stereocenters. The van der Waals surface area contributed by atoms with Crippen LogP contribution in [0.25, 0.3) is 0 Å². The molecule has 6 rings (SSSR count). The lowest BCUT2D eigenvalue weighted by Gasteiger charge is -2.58. The second-order valence-electron chi connectivity index (χ2n) is 24.5. The van der Waals surface area contributed by atoms with Crippen molar-refractivity contribution in [3.8, 4) is 29.4 Å². The molecule has 3 saturated carbocycles. The quantitative estimate of drug-likeness (QED) is 0.0188. The van der Waals surface area contributed by atoms with Crippen LogP contribution in [0.15, 0.2) is 70.4 Å². The van der Waals surface area contributed by atoms with Gasteiger partial charge in [0.25, 0.3) is 0 Å². The van der Waals surface area contributed by atoms with E-state index in [1.54, 1.807) is 17.7 Å². The zero-order chi connectivity index (χ0) is 52.4. The Kier molecular flexibility index (Phi) is 25.4. The first-order valence-corrected chi connectivity index (χ1v) is 30.6. The Morgan fingerprint density at radius 1 is 0.635 bits per heavy atom. The van der Waals surface area contributed by atoms with E-state index in [-0.39, 0.29) is 18.0 Å². The first kappa shape index (κ1) is 59.1. The molecule has 0 aromatic heterocycles. The molecule has 0 N–H and O–H groups in total. The van der Waals surface area contributed by atoms with E-state index in [0.717, 1.165) is 137 Å². The molecular weight excluding hydrogens is 909 g/mol. The number of azo groups is 1. The number of unbranched alkanes of at least 4 members (excludes halogenated alkanes) is 16. The van der Waals surface area contributed by atoms with Crippen molar-refractivity contribution in [3.63, 3.8) is 0 Å². The van der Waals surface area contributed by atoms with Gasteiger partial charge in [-0.25, -0.2) is 0 Å². The Morgan fingerprint density at radius 3 is 1.88 bits per heavy atom. The van der Waals surface area contributed by atoms with E-state index >= 15 is 0 Å². The number of fused-ring (bicyclic) bond motifs is 5. The molecule has 2 aromatic carbocycles. The van der Waals surface area contributed by atoms with E-state index in [2.05, 4.69) is 93.7 Å². The number of hydrogen-bond acceptors (Lipinski definition) is 6. The van der Waals surface area contributed by atoms with Crippen LogP contribution >= 0.6 is 0 Å². The molecule has 3 fully saturated rings. The van der Waals surface area contributed by atoms with Gasteiger partial charge in [-0.15, -0.1) is 0 Å². The van der Waals surface area contributed by atoms with Crippen molar-refractivity contribution < 1.29 is 19.1 Å². The maximum absolute atomic E-state index is 12.9. The number of carbonyl (C=O) groups excluding carboxylic acids is 2. The molecule has 0 heterocycles. The molecule has 1 unspecified atom stereocenters. The molecule has 4 aliphatic rings. The Bertz CT molecular complexity index is 2170. The normalized spacial score (nSPS) is 24.4. The van der Waals surface area contributed by atoms with Crippen LogP contribution in [0.1, 0.15) is 253 Å². The predicted molar refractivity (Wildman–Crippen MR) is 308 cm³/mol. The van der Waals surface area contributed by atoms with E-state index in [9.17, 15) is 9.59 Å². The third-order valence-electron chi connectivity index (χ3n) is 18.5. The van der Waals surface area contributed by atoms with E-state index in [4.69, 9.17) is 9.47 Å². The zero-order valence-electron chi connectivity index (χ0n) is 47.6. The summed E-state index contributed by atoms with van der Waals surface area (Å²) in [4.78, 5) is 25.4. The van der Waals surface area contributed by atoms with Gasteiger partial charge in [0, 0.05) is 32.1 Å². The van der Waals surface area contributed by atoms with Gasteiger partial charge < -0.3 is 9.47 Å². The largest absolute Gasteiger partial charge is 0.462 e. The first-order chi connectivity index (χ1) is 36.0. The Balaban J connectivity index is 0.716. The third kappa shape index (κ3) is 18.8. The highest BCUT2D eigenvalue weighted by Crippen LogP contribution is 2.67. The maximum atomic E-state index is 12.9. The number of aryl methyl sites for hydroxylation is 1. The monoisotopic (exact) mass is 1010 g/mol. The molecule has 0 aliphatic heterocycles. The Morgan fingerprint density at radius 2 is 1.23 bits per heavy atom. The minimum absolute atomic E-state index is 0.0109. The van der Waals surface area contributed by atoms with E-state index in [1.807, 2.05) is 24.3 Å². The smallest absolute Gasteiger partial charge is 0.311 e. The lowest BCUT2D eigenvalue weighted by atomic mass is 9.47. The number of benzene rings is 2. The number of allylic oxidation sites excluding steroid dienone is 1. The van der Waals surface area contributed by atoms with Crippen LogP contribution in [0.3, 0.4) is 0 Å². The van der Waals surface area contributed by atoms with Gasteiger partial charge in [0.05, 0.1) is 11.4 Å². The molecule has 0 spiro atoms. The zero-order valence-corrected chi connectivity index (χ0v) is 47.6. The van der Waals surface area contributed by atoms with Crippen LogP contribution in [-0.4, -0.2) is 18.0 Å². The molecule has 0 bridgehead atoms. The van der Waals surface area contributed by atoms with Gasteiger partial charge in [0.1, 0.15) is 11.9 Å². The van der Waals surface area contributed by atoms with Gasteiger partial charge in [-0.3, -0.25) is 9.59 Å². The van der Waals surface area contributed by atoms with Gasteiger partial charge in [-0.1, -0.05) is 173 Å². The lowest BCUT2D eigenvalue weighted by molar-refractivity contribution is -0.151. The number of ether oxygens (including phenoxy) is 2. The van der Waals surface area contributed by atoms with Crippen LogP contribution < -0.4 is 4.74 Å². The van der Waals surface area contributed by atoms with Crippen molar-refractivity contribution in [1.82, 2.24) is 0 Å². The number of carbonyl (C=O) groups is 2. The van der Waals surface area contributed by atoms with E-state index in [1.165, 1.54) is 115 Å². The highest BCUT2D eigenvalue weighted by atomic mass is 16.5. The summed E-state index contributed by atoms with van der Waals surface area (Å²) < 4.78 is 11.7. The molecule has 6 nitrogen and oxygen atoms in total. The average molecular weight is 1010 g/mol. The topological polar surface area (TPSA) is 77.3 Å². The molecule has 74 heavy (non-hydrogen) atoms. The van der Waals surface area contributed by atoms with Gasteiger partial charge >= 0.3 is 11.9 Å². The summed E-state index contributed by atoms with van der Waals surface area (Å²) in [7, 11) is 0. The van der Waals surface area contributed by atoms with Crippen LogP contribution in [-0.2, 0) is 20.7 Å². The number of hydrogen-bond donors (Lipinski definition) is 0. The summed E-state index contributed by atoms with van der Waals surface area (Å²) in [5.41, 5.74) is 5.34. The first-order valence-electron chi connectivity index (χ1n) is 30.6. The summed E-state index contributed by atoms with van der Waals surface area (Å²) >= 11 is 0. The fourth-order valence-electron chi connectivity index (χ4n) is 14.1. The minimum Gasteiger partial charge on any atom is -0.462 e. The highest BCUT2D eigenvalue weighted by Gasteiger charge is 2.59. The van der Waals surface area contributed by atoms with Gasteiger partial charge in [-0.05, 0) is 184 Å². The molecule has 2 aromatic rings. The number of esters is 2. The van der Waals surface area contributed by atoms with Crippen molar-refractivity contribution in [2.45, 2.75) is 260 Å². The predicted octanol–water partition coefficient (Wildman–Crippen LogP) is 19.7. The third-order valence-corrected chi connectivity index (χ3v) is 18.5. The molecule has 0 radical (unpaired) electrons. The van der Waals surface area contributed by atoms with Crippen molar-refractivity contribution in [2.75, 3.05) is 0 Å². The van der Waals surface area contributed by atoms with Crippen LogP contribution in [0.2, 0.25) is 0 Å². The number of nitrogens with zero attached hydrogens (tertiary/aromatic N) is 2. The molecule has 0 saturated heterocycles. The van der Waals surface area contributed by atoms with Gasteiger partial charge in [-0.2, -0.15) is 10.2 Å². The van der Waals surface area contributed by atoms with E-state index < -0.39 is 0 Å².